The lowest BCUT2D eigenvalue weighted by atomic mass is 9.91. The molecule has 0 aliphatic carbocycles. The van der Waals surface area contributed by atoms with Crippen molar-refractivity contribution in [2.45, 2.75) is 20.8 Å². The fourth-order valence-corrected chi connectivity index (χ4v) is 2.37. The van der Waals surface area contributed by atoms with Gasteiger partial charge >= 0.3 is 0 Å². The van der Waals surface area contributed by atoms with E-state index in [9.17, 15) is 0 Å². The third-order valence-corrected chi connectivity index (χ3v) is 3.26. The number of hydrogen-bond donors (Lipinski definition) is 1. The van der Waals surface area contributed by atoms with E-state index in [1.54, 1.807) is 0 Å². The Morgan fingerprint density at radius 3 is 1.94 bits per heavy atom. The summed E-state index contributed by atoms with van der Waals surface area (Å²) in [6, 6.07) is 12.5. The van der Waals surface area contributed by atoms with Crippen LogP contribution in [0, 0.1) is 20.8 Å². The van der Waals surface area contributed by atoms with Crippen LogP contribution in [0.3, 0.4) is 0 Å². The van der Waals surface area contributed by atoms with Crippen molar-refractivity contribution in [1.82, 2.24) is 0 Å². The Hall–Kier alpha value is -2.02. The van der Waals surface area contributed by atoms with Crippen LogP contribution in [0.5, 0.6) is 0 Å². The van der Waals surface area contributed by atoms with Gasteiger partial charge in [-0.3, -0.25) is 0 Å². The molecule has 0 bridgehead atoms. The van der Waals surface area contributed by atoms with Crippen molar-refractivity contribution >= 4 is 11.3 Å². The zero-order valence-electron chi connectivity index (χ0n) is 11.2. The van der Waals surface area contributed by atoms with E-state index in [2.05, 4.69) is 51.6 Å². The van der Waals surface area contributed by atoms with E-state index in [0.717, 1.165) is 16.8 Å². The molecule has 1 nitrogen and oxygen atoms in total. The number of nitrogen functional groups attached to an aromatic ring is 1. The second kappa shape index (κ2) is 4.69. The molecule has 1 heteroatoms. The van der Waals surface area contributed by atoms with Crippen LogP contribution in [0.15, 0.2) is 43.0 Å². The molecule has 0 saturated heterocycles. The predicted molar refractivity (Wildman–Crippen MR) is 79.6 cm³/mol. The first-order chi connectivity index (χ1) is 8.49. The van der Waals surface area contributed by atoms with Crippen molar-refractivity contribution in [1.29, 1.82) is 0 Å². The number of rotatable bonds is 2. The van der Waals surface area contributed by atoms with Gasteiger partial charge in [-0.2, -0.15) is 0 Å². The van der Waals surface area contributed by atoms with Crippen molar-refractivity contribution in [3.63, 3.8) is 0 Å². The van der Waals surface area contributed by atoms with Crippen LogP contribution in [0.2, 0.25) is 0 Å². The third kappa shape index (κ3) is 2.30. The first-order valence-corrected chi connectivity index (χ1v) is 6.12. The van der Waals surface area contributed by atoms with E-state index >= 15 is 0 Å². The minimum absolute atomic E-state index is 0.811. The predicted octanol–water partition coefficient (Wildman–Crippen LogP) is 4.26. The average molecular weight is 237 g/mol. The van der Waals surface area contributed by atoms with E-state index < -0.39 is 0 Å². The van der Waals surface area contributed by atoms with E-state index in [1.165, 1.54) is 22.3 Å². The average Bonchev–Trinajstić information content (AvgIpc) is 2.28. The third-order valence-electron chi connectivity index (χ3n) is 3.26. The van der Waals surface area contributed by atoms with Crippen LogP contribution < -0.4 is 5.73 Å². The molecular formula is C17H19N. The Labute approximate surface area is 109 Å². The summed E-state index contributed by atoms with van der Waals surface area (Å²) in [5.74, 6) is 0. The lowest BCUT2D eigenvalue weighted by molar-refractivity contribution is 1.33. The summed E-state index contributed by atoms with van der Waals surface area (Å²) in [6.07, 6.45) is 0. The summed E-state index contributed by atoms with van der Waals surface area (Å²) < 4.78 is 0. The van der Waals surface area contributed by atoms with Crippen molar-refractivity contribution in [3.05, 3.63) is 70.8 Å². The summed E-state index contributed by atoms with van der Waals surface area (Å²) in [4.78, 5) is 0. The molecule has 2 rings (SSSR count). The molecule has 0 aliphatic rings. The van der Waals surface area contributed by atoms with Gasteiger partial charge in [-0.05, 0) is 60.7 Å². The van der Waals surface area contributed by atoms with E-state index in [0.29, 0.717) is 0 Å². The Morgan fingerprint density at radius 2 is 1.44 bits per heavy atom. The van der Waals surface area contributed by atoms with Crippen LogP contribution >= 0.6 is 0 Å². The summed E-state index contributed by atoms with van der Waals surface area (Å²) in [5, 5.41) is 0. The first kappa shape index (κ1) is 12.4. The van der Waals surface area contributed by atoms with Gasteiger partial charge < -0.3 is 5.73 Å². The molecule has 2 aromatic carbocycles. The standard InChI is InChI=1S/C17H19N/c1-11-5-7-15(8-6-11)14(4)17-12(2)9-16(18)10-13(17)3/h5-10H,4,18H2,1-3H3. The number of hydrogen-bond acceptors (Lipinski definition) is 1. The first-order valence-electron chi connectivity index (χ1n) is 6.12. The molecule has 0 amide bonds. The molecule has 0 aliphatic heterocycles. The molecule has 2 aromatic rings. The number of anilines is 1. The lowest BCUT2D eigenvalue weighted by Crippen LogP contribution is -1.97. The molecule has 0 fully saturated rings. The van der Waals surface area contributed by atoms with Crippen LogP contribution in [-0.4, -0.2) is 0 Å². The van der Waals surface area contributed by atoms with E-state index in [4.69, 9.17) is 5.73 Å². The molecule has 0 spiro atoms. The summed E-state index contributed by atoms with van der Waals surface area (Å²) in [7, 11) is 0. The fourth-order valence-electron chi connectivity index (χ4n) is 2.37. The summed E-state index contributed by atoms with van der Waals surface area (Å²) in [6.45, 7) is 10.5. The van der Waals surface area contributed by atoms with Gasteiger partial charge in [0.1, 0.15) is 0 Å². The molecule has 0 radical (unpaired) electrons. The molecule has 0 atom stereocenters. The quantitative estimate of drug-likeness (QED) is 0.776. The summed E-state index contributed by atoms with van der Waals surface area (Å²) in [5.41, 5.74) is 13.7. The van der Waals surface area contributed by atoms with Gasteiger partial charge in [0, 0.05) is 5.69 Å². The number of nitrogens with two attached hydrogens (primary N) is 1. The highest BCUT2D eigenvalue weighted by Crippen LogP contribution is 2.29. The van der Waals surface area contributed by atoms with Crippen LogP contribution in [0.1, 0.15) is 27.8 Å². The Morgan fingerprint density at radius 1 is 0.944 bits per heavy atom. The largest absolute Gasteiger partial charge is 0.399 e. The zero-order valence-corrected chi connectivity index (χ0v) is 11.2. The van der Waals surface area contributed by atoms with Crippen LogP contribution in [0.4, 0.5) is 5.69 Å². The molecular weight excluding hydrogens is 218 g/mol. The van der Waals surface area contributed by atoms with E-state index in [-0.39, 0.29) is 0 Å². The normalized spacial score (nSPS) is 10.4. The summed E-state index contributed by atoms with van der Waals surface area (Å²) >= 11 is 0. The van der Waals surface area contributed by atoms with Crippen molar-refractivity contribution < 1.29 is 0 Å². The van der Waals surface area contributed by atoms with Gasteiger partial charge in [0.15, 0.2) is 0 Å². The second-order valence-corrected chi connectivity index (χ2v) is 4.87. The van der Waals surface area contributed by atoms with E-state index in [1.807, 2.05) is 12.1 Å². The number of benzene rings is 2. The molecule has 0 saturated carbocycles. The monoisotopic (exact) mass is 237 g/mol. The van der Waals surface area contributed by atoms with Gasteiger partial charge in [0.25, 0.3) is 0 Å². The topological polar surface area (TPSA) is 26.0 Å². The van der Waals surface area contributed by atoms with Gasteiger partial charge in [0.2, 0.25) is 0 Å². The van der Waals surface area contributed by atoms with Crippen LogP contribution in [-0.2, 0) is 0 Å². The van der Waals surface area contributed by atoms with Crippen molar-refractivity contribution in [3.8, 4) is 0 Å². The van der Waals surface area contributed by atoms with Gasteiger partial charge in [-0.25, -0.2) is 0 Å². The maximum Gasteiger partial charge on any atom is 0.0319 e. The van der Waals surface area contributed by atoms with Gasteiger partial charge in [-0.15, -0.1) is 0 Å². The molecule has 0 aromatic heterocycles. The highest BCUT2D eigenvalue weighted by atomic mass is 14.5. The second-order valence-electron chi connectivity index (χ2n) is 4.87. The van der Waals surface area contributed by atoms with Crippen LogP contribution in [0.25, 0.3) is 5.57 Å². The molecule has 18 heavy (non-hydrogen) atoms. The number of aryl methyl sites for hydroxylation is 3. The van der Waals surface area contributed by atoms with Gasteiger partial charge in [0.05, 0.1) is 0 Å². The zero-order chi connectivity index (χ0) is 13.3. The Kier molecular flexibility index (Phi) is 3.24. The highest BCUT2D eigenvalue weighted by molar-refractivity contribution is 5.82. The van der Waals surface area contributed by atoms with Gasteiger partial charge in [-0.1, -0.05) is 36.4 Å². The lowest BCUT2D eigenvalue weighted by Gasteiger charge is -2.14. The highest BCUT2D eigenvalue weighted by Gasteiger charge is 2.09. The molecule has 0 heterocycles. The van der Waals surface area contributed by atoms with Crippen molar-refractivity contribution in [2.24, 2.45) is 0 Å². The Balaban J connectivity index is 2.49. The maximum absolute atomic E-state index is 5.86. The Bertz CT molecular complexity index is 569. The molecule has 2 N–H and O–H groups in total. The smallest absolute Gasteiger partial charge is 0.0319 e. The SMILES string of the molecule is C=C(c1ccc(C)cc1)c1c(C)cc(N)cc1C. The molecule has 92 valence electrons. The fraction of sp³-hybridized carbons (Fsp3) is 0.176. The molecule has 0 unspecified atom stereocenters. The maximum atomic E-state index is 5.86. The minimum atomic E-state index is 0.811. The van der Waals surface area contributed by atoms with Crippen molar-refractivity contribution in [2.75, 3.05) is 5.73 Å². The minimum Gasteiger partial charge on any atom is -0.399 e.